The third kappa shape index (κ3) is 11.3. The second kappa shape index (κ2) is 20.5. The molecule has 6 aromatic carbocycles. The smallest absolute Gasteiger partial charge is 0.294 e. The zero-order chi connectivity index (χ0) is 43.3. The first-order chi connectivity index (χ1) is 30.2. The SMILES string of the molecule is O=C(/C=C(\O)c1cccc(N(Cc2ccccc2)Cc2ccccc2)c1)C(=O)N1CCN(C(=O)C(=O)/C=C(\O)c2cccc(N(Cc3ccccc3)Cc3ccccc3)c2)CC1. The summed E-state index contributed by atoms with van der Waals surface area (Å²) in [5.41, 5.74) is 6.84. The number of aliphatic hydroxyl groups excluding tert-OH is 2. The Balaban J connectivity index is 0.961. The van der Waals surface area contributed by atoms with Gasteiger partial charge in [-0.1, -0.05) is 146 Å². The lowest BCUT2D eigenvalue weighted by Crippen LogP contribution is -2.53. The molecular formula is C52H48N4O6. The predicted octanol–water partition coefficient (Wildman–Crippen LogP) is 8.41. The highest BCUT2D eigenvalue weighted by atomic mass is 16.3. The number of nitrogens with zero attached hydrogens (tertiary/aromatic N) is 4. The van der Waals surface area contributed by atoms with E-state index in [1.54, 1.807) is 36.4 Å². The van der Waals surface area contributed by atoms with E-state index in [2.05, 4.69) is 58.3 Å². The third-order valence-corrected chi connectivity index (χ3v) is 10.7. The normalized spacial score (nSPS) is 13.0. The van der Waals surface area contributed by atoms with Crippen molar-refractivity contribution in [1.82, 2.24) is 9.80 Å². The van der Waals surface area contributed by atoms with Gasteiger partial charge in [0.1, 0.15) is 11.5 Å². The van der Waals surface area contributed by atoms with Gasteiger partial charge >= 0.3 is 0 Å². The summed E-state index contributed by atoms with van der Waals surface area (Å²) in [5.74, 6) is -4.16. The molecule has 1 aliphatic rings. The summed E-state index contributed by atoms with van der Waals surface area (Å²) in [7, 11) is 0. The Morgan fingerprint density at radius 1 is 0.419 bits per heavy atom. The van der Waals surface area contributed by atoms with Crippen LogP contribution in [0.1, 0.15) is 33.4 Å². The van der Waals surface area contributed by atoms with Gasteiger partial charge in [0, 0.05) is 87.0 Å². The maximum Gasteiger partial charge on any atom is 0.294 e. The topological polar surface area (TPSA) is 122 Å². The average molecular weight is 825 g/mol. The number of aliphatic hydroxyl groups is 2. The largest absolute Gasteiger partial charge is 0.507 e. The van der Waals surface area contributed by atoms with Crippen LogP contribution in [0.3, 0.4) is 0 Å². The van der Waals surface area contributed by atoms with E-state index in [-0.39, 0.29) is 37.7 Å². The van der Waals surface area contributed by atoms with E-state index < -0.39 is 23.4 Å². The van der Waals surface area contributed by atoms with Gasteiger partial charge in [-0.25, -0.2) is 0 Å². The van der Waals surface area contributed by atoms with Gasteiger partial charge in [-0.05, 0) is 46.5 Å². The Labute approximate surface area is 361 Å². The Morgan fingerprint density at radius 2 is 0.710 bits per heavy atom. The predicted molar refractivity (Wildman–Crippen MR) is 243 cm³/mol. The zero-order valence-corrected chi connectivity index (χ0v) is 34.3. The van der Waals surface area contributed by atoms with Crippen LogP contribution in [-0.2, 0) is 45.4 Å². The molecule has 2 amide bonds. The summed E-state index contributed by atoms with van der Waals surface area (Å²) in [5, 5.41) is 22.1. The Morgan fingerprint density at radius 3 is 1.00 bits per heavy atom. The van der Waals surface area contributed by atoms with E-state index in [0.29, 0.717) is 37.3 Å². The number of rotatable bonds is 16. The van der Waals surface area contributed by atoms with Crippen LogP contribution in [0, 0.1) is 0 Å². The average Bonchev–Trinajstić information content (AvgIpc) is 3.32. The first-order valence-electron chi connectivity index (χ1n) is 20.5. The highest BCUT2D eigenvalue weighted by molar-refractivity contribution is 6.42. The molecule has 312 valence electrons. The molecule has 1 saturated heterocycles. The maximum absolute atomic E-state index is 13.2. The fourth-order valence-corrected chi connectivity index (χ4v) is 7.38. The zero-order valence-electron chi connectivity index (χ0n) is 34.3. The van der Waals surface area contributed by atoms with Gasteiger partial charge in [0.15, 0.2) is 0 Å². The van der Waals surface area contributed by atoms with Gasteiger partial charge in [-0.3, -0.25) is 19.2 Å². The summed E-state index contributed by atoms with van der Waals surface area (Å²) in [6, 6.07) is 54.5. The van der Waals surface area contributed by atoms with Crippen LogP contribution >= 0.6 is 0 Å². The quantitative estimate of drug-likeness (QED) is 0.0567. The fourth-order valence-electron chi connectivity index (χ4n) is 7.38. The Kier molecular flexibility index (Phi) is 14.0. The van der Waals surface area contributed by atoms with E-state index >= 15 is 0 Å². The lowest BCUT2D eigenvalue weighted by atomic mass is 10.1. The van der Waals surface area contributed by atoms with Crippen LogP contribution in [0.5, 0.6) is 0 Å². The fraction of sp³-hybridized carbons (Fsp3) is 0.154. The van der Waals surface area contributed by atoms with Crippen molar-refractivity contribution in [1.29, 1.82) is 0 Å². The van der Waals surface area contributed by atoms with Crippen molar-refractivity contribution in [2.24, 2.45) is 0 Å². The van der Waals surface area contributed by atoms with Crippen LogP contribution in [0.4, 0.5) is 11.4 Å². The number of anilines is 2. The van der Waals surface area contributed by atoms with Crippen molar-refractivity contribution in [3.05, 3.63) is 215 Å². The molecule has 1 heterocycles. The van der Waals surface area contributed by atoms with Crippen LogP contribution in [0.15, 0.2) is 182 Å². The van der Waals surface area contributed by atoms with Crippen LogP contribution in [-0.4, -0.2) is 69.6 Å². The highest BCUT2D eigenvalue weighted by Crippen LogP contribution is 2.26. The van der Waals surface area contributed by atoms with E-state index in [0.717, 1.165) is 45.8 Å². The number of piperazine rings is 1. The van der Waals surface area contributed by atoms with E-state index in [1.807, 2.05) is 84.9 Å². The molecule has 1 aliphatic heterocycles. The van der Waals surface area contributed by atoms with Crippen molar-refractivity contribution in [2.45, 2.75) is 26.2 Å². The van der Waals surface area contributed by atoms with Crippen molar-refractivity contribution in [3.8, 4) is 0 Å². The number of amides is 2. The summed E-state index contributed by atoms with van der Waals surface area (Å²) >= 11 is 0. The summed E-state index contributed by atoms with van der Waals surface area (Å²) < 4.78 is 0. The molecule has 62 heavy (non-hydrogen) atoms. The minimum atomic E-state index is -0.907. The van der Waals surface area contributed by atoms with Crippen molar-refractivity contribution in [2.75, 3.05) is 36.0 Å². The van der Waals surface area contributed by atoms with Gasteiger partial charge in [0.05, 0.1) is 0 Å². The second-order valence-corrected chi connectivity index (χ2v) is 15.1. The molecule has 0 aromatic heterocycles. The lowest BCUT2D eigenvalue weighted by Gasteiger charge is -2.33. The maximum atomic E-state index is 13.2. The molecule has 10 heteroatoms. The first kappa shape index (κ1) is 42.4. The number of benzene rings is 6. The van der Waals surface area contributed by atoms with Gasteiger partial charge in [-0.15, -0.1) is 0 Å². The monoisotopic (exact) mass is 824 g/mol. The summed E-state index contributed by atoms with van der Waals surface area (Å²) in [6.07, 6.45) is 1.85. The molecule has 0 unspecified atom stereocenters. The van der Waals surface area contributed by atoms with Gasteiger partial charge in [-0.2, -0.15) is 0 Å². The molecule has 0 bridgehead atoms. The molecule has 2 N–H and O–H groups in total. The molecule has 0 saturated carbocycles. The molecule has 0 spiro atoms. The molecule has 6 aromatic rings. The lowest BCUT2D eigenvalue weighted by molar-refractivity contribution is -0.147. The minimum Gasteiger partial charge on any atom is -0.507 e. The van der Waals surface area contributed by atoms with E-state index in [1.165, 1.54) is 9.80 Å². The number of ketones is 2. The van der Waals surface area contributed by atoms with E-state index in [9.17, 15) is 29.4 Å². The molecule has 7 rings (SSSR count). The number of carbonyl (C=O) groups is 4. The summed E-state index contributed by atoms with van der Waals surface area (Å²) in [6.45, 7) is 2.48. The summed E-state index contributed by atoms with van der Waals surface area (Å²) in [4.78, 5) is 59.7. The van der Waals surface area contributed by atoms with Gasteiger partial charge in [0.25, 0.3) is 11.8 Å². The molecule has 0 atom stereocenters. The number of hydrogen-bond donors (Lipinski definition) is 2. The second-order valence-electron chi connectivity index (χ2n) is 15.1. The van der Waals surface area contributed by atoms with Gasteiger partial charge < -0.3 is 29.8 Å². The first-order valence-corrected chi connectivity index (χ1v) is 20.5. The Hall–Kier alpha value is -7.72. The van der Waals surface area contributed by atoms with Crippen LogP contribution < -0.4 is 9.80 Å². The molecular weight excluding hydrogens is 777 g/mol. The van der Waals surface area contributed by atoms with E-state index in [4.69, 9.17) is 0 Å². The van der Waals surface area contributed by atoms with Gasteiger partial charge in [0.2, 0.25) is 11.6 Å². The number of carbonyl (C=O) groups excluding carboxylic acids is 4. The van der Waals surface area contributed by atoms with Crippen LogP contribution in [0.2, 0.25) is 0 Å². The van der Waals surface area contributed by atoms with Crippen LogP contribution in [0.25, 0.3) is 11.5 Å². The highest BCUT2D eigenvalue weighted by Gasteiger charge is 2.30. The molecule has 10 nitrogen and oxygen atoms in total. The molecule has 1 fully saturated rings. The van der Waals surface area contributed by atoms with Crippen molar-refractivity contribution >= 4 is 46.3 Å². The third-order valence-electron chi connectivity index (χ3n) is 10.7. The van der Waals surface area contributed by atoms with Crippen molar-refractivity contribution < 1.29 is 29.4 Å². The Bertz CT molecular complexity index is 2280. The minimum absolute atomic E-state index is 0.0119. The van der Waals surface area contributed by atoms with Crippen molar-refractivity contribution in [3.63, 3.8) is 0 Å². The molecule has 0 aliphatic carbocycles. The number of hydrogen-bond acceptors (Lipinski definition) is 8. The molecule has 0 radical (unpaired) electrons. The standard InChI is InChI=1S/C52H48N4O6/c57-47(43-23-13-25-45(31-43)55(35-39-15-5-1-6-16-39)36-40-17-7-2-8-18-40)33-49(59)51(61)53-27-29-54(30-28-53)52(62)50(60)34-48(58)44-24-14-26-46(32-44)56(37-41-19-9-3-10-20-41)38-42-21-11-4-12-22-42/h1-26,31-34,57-58H,27-30,35-38H2/b47-33-,48-34-.